The van der Waals surface area contributed by atoms with E-state index in [1.54, 1.807) is 0 Å². The number of ether oxygens (including phenoxy) is 1. The van der Waals surface area contributed by atoms with E-state index in [0.717, 1.165) is 45.3 Å². The quantitative estimate of drug-likeness (QED) is 0.674. The van der Waals surface area contributed by atoms with Crippen molar-refractivity contribution in [1.82, 2.24) is 10.3 Å². The minimum absolute atomic E-state index is 0.722. The molecule has 0 aliphatic heterocycles. The summed E-state index contributed by atoms with van der Waals surface area (Å²) in [5, 5.41) is 4.61. The number of hydrogen-bond donors (Lipinski definition) is 1. The Kier molecular flexibility index (Phi) is 6.26. The first-order valence-electron chi connectivity index (χ1n) is 7.83. The third kappa shape index (κ3) is 4.17. The fraction of sp³-hybridized carbons (Fsp3) is 0.800. The molecule has 1 fully saturated rings. The van der Waals surface area contributed by atoms with Crippen LogP contribution in [0.1, 0.15) is 50.1 Å². The van der Waals surface area contributed by atoms with Crippen LogP contribution in [0.3, 0.4) is 0 Å². The summed E-state index contributed by atoms with van der Waals surface area (Å²) in [5.74, 6) is 0.722. The molecule has 0 saturated heterocycles. The molecule has 1 aliphatic rings. The first kappa shape index (κ1) is 15.7. The van der Waals surface area contributed by atoms with E-state index in [1.165, 1.54) is 28.5 Å². The molecule has 1 aromatic heterocycles. The number of thiazole rings is 1. The van der Waals surface area contributed by atoms with E-state index in [9.17, 15) is 0 Å². The van der Waals surface area contributed by atoms with Crippen molar-refractivity contribution in [3.05, 3.63) is 10.6 Å². The Bertz CT molecular complexity index is 404. The van der Waals surface area contributed by atoms with E-state index in [2.05, 4.69) is 24.1 Å². The molecule has 0 atom stereocenters. The Morgan fingerprint density at radius 1 is 1.35 bits per heavy atom. The summed E-state index contributed by atoms with van der Waals surface area (Å²) in [6, 6.07) is 0. The summed E-state index contributed by atoms with van der Waals surface area (Å²) in [7, 11) is 0. The van der Waals surface area contributed by atoms with Gasteiger partial charge in [-0.05, 0) is 33.2 Å². The van der Waals surface area contributed by atoms with Gasteiger partial charge >= 0.3 is 0 Å². The van der Waals surface area contributed by atoms with Gasteiger partial charge in [0.15, 0.2) is 5.13 Å². The zero-order chi connectivity index (χ0) is 14.4. The van der Waals surface area contributed by atoms with Crippen LogP contribution in [-0.4, -0.2) is 37.8 Å². The van der Waals surface area contributed by atoms with Crippen LogP contribution in [0.2, 0.25) is 0 Å². The Balaban J connectivity index is 2.05. The molecule has 0 spiro atoms. The lowest BCUT2D eigenvalue weighted by Crippen LogP contribution is -2.27. The van der Waals surface area contributed by atoms with Crippen LogP contribution in [0.5, 0.6) is 0 Å². The molecule has 4 nitrogen and oxygen atoms in total. The van der Waals surface area contributed by atoms with Crippen molar-refractivity contribution >= 4 is 16.5 Å². The number of likely N-dealkylation sites (N-methyl/N-ethyl adjacent to an activating group) is 1. The lowest BCUT2D eigenvalue weighted by Gasteiger charge is -2.19. The highest BCUT2D eigenvalue weighted by molar-refractivity contribution is 7.15. The molecule has 0 unspecified atom stereocenters. The number of rotatable bonds is 10. The smallest absolute Gasteiger partial charge is 0.185 e. The lowest BCUT2D eigenvalue weighted by molar-refractivity contribution is 0.154. The Hall–Kier alpha value is -0.650. The van der Waals surface area contributed by atoms with Gasteiger partial charge in [0, 0.05) is 37.0 Å². The van der Waals surface area contributed by atoms with Gasteiger partial charge in [0.1, 0.15) is 0 Å². The summed E-state index contributed by atoms with van der Waals surface area (Å²) in [5.41, 5.74) is 1.35. The van der Waals surface area contributed by atoms with Gasteiger partial charge in [-0.15, -0.1) is 11.3 Å². The van der Waals surface area contributed by atoms with E-state index in [4.69, 9.17) is 9.72 Å². The maximum absolute atomic E-state index is 5.47. The van der Waals surface area contributed by atoms with Gasteiger partial charge in [0.2, 0.25) is 0 Å². The highest BCUT2D eigenvalue weighted by Gasteiger charge is 2.30. The average Bonchev–Trinajstić information content (AvgIpc) is 3.22. The topological polar surface area (TPSA) is 37.4 Å². The van der Waals surface area contributed by atoms with Crippen molar-refractivity contribution in [2.45, 2.75) is 46.1 Å². The molecular weight excluding hydrogens is 270 g/mol. The zero-order valence-corrected chi connectivity index (χ0v) is 13.8. The normalized spacial score (nSPS) is 14.8. The summed E-state index contributed by atoms with van der Waals surface area (Å²) in [6.45, 7) is 11.8. The van der Waals surface area contributed by atoms with Crippen molar-refractivity contribution in [1.29, 1.82) is 0 Å². The average molecular weight is 297 g/mol. The SMILES string of the molecule is CCNCc1sc(N(CC)CCOCC)nc1C1CC1. The van der Waals surface area contributed by atoms with Crippen LogP contribution >= 0.6 is 11.3 Å². The molecule has 1 aliphatic carbocycles. The predicted octanol–water partition coefficient (Wildman–Crippen LogP) is 2.99. The summed E-state index contributed by atoms with van der Waals surface area (Å²) < 4.78 is 5.47. The van der Waals surface area contributed by atoms with Gasteiger partial charge in [-0.25, -0.2) is 4.98 Å². The van der Waals surface area contributed by atoms with Crippen LogP contribution in [0.4, 0.5) is 5.13 Å². The second kappa shape index (κ2) is 7.96. The number of nitrogens with zero attached hydrogens (tertiary/aromatic N) is 2. The van der Waals surface area contributed by atoms with Gasteiger partial charge in [0.05, 0.1) is 12.3 Å². The molecule has 1 N–H and O–H groups in total. The summed E-state index contributed by atoms with van der Waals surface area (Å²) in [6.07, 6.45) is 2.63. The molecule has 1 aromatic rings. The second-order valence-corrected chi connectivity index (χ2v) is 6.20. The van der Waals surface area contributed by atoms with Crippen molar-refractivity contribution in [3.63, 3.8) is 0 Å². The molecule has 0 radical (unpaired) electrons. The molecular formula is C15H27N3OS. The van der Waals surface area contributed by atoms with Crippen molar-refractivity contribution in [3.8, 4) is 0 Å². The minimum Gasteiger partial charge on any atom is -0.380 e. The molecule has 0 bridgehead atoms. The molecule has 114 valence electrons. The maximum Gasteiger partial charge on any atom is 0.185 e. The van der Waals surface area contributed by atoms with Crippen LogP contribution in [-0.2, 0) is 11.3 Å². The fourth-order valence-electron chi connectivity index (χ4n) is 2.23. The highest BCUT2D eigenvalue weighted by atomic mass is 32.1. The van der Waals surface area contributed by atoms with E-state index in [0.29, 0.717) is 0 Å². The molecule has 0 amide bonds. The zero-order valence-electron chi connectivity index (χ0n) is 12.9. The van der Waals surface area contributed by atoms with Crippen LogP contribution < -0.4 is 10.2 Å². The molecule has 20 heavy (non-hydrogen) atoms. The van der Waals surface area contributed by atoms with E-state index < -0.39 is 0 Å². The van der Waals surface area contributed by atoms with Gasteiger partial charge in [-0.2, -0.15) is 0 Å². The maximum atomic E-state index is 5.47. The fourth-order valence-corrected chi connectivity index (χ4v) is 3.44. The number of aromatic nitrogens is 1. The predicted molar refractivity (Wildman–Crippen MR) is 85.8 cm³/mol. The van der Waals surface area contributed by atoms with Gasteiger partial charge in [-0.1, -0.05) is 6.92 Å². The third-order valence-electron chi connectivity index (χ3n) is 3.58. The third-order valence-corrected chi connectivity index (χ3v) is 4.71. The lowest BCUT2D eigenvalue weighted by atomic mass is 10.2. The minimum atomic E-state index is 0.722. The molecule has 1 heterocycles. The largest absolute Gasteiger partial charge is 0.380 e. The van der Waals surface area contributed by atoms with E-state index in [-0.39, 0.29) is 0 Å². The van der Waals surface area contributed by atoms with Crippen LogP contribution in [0.15, 0.2) is 0 Å². The number of nitrogens with one attached hydrogen (secondary N) is 1. The van der Waals surface area contributed by atoms with Gasteiger partial charge in [0.25, 0.3) is 0 Å². The van der Waals surface area contributed by atoms with Crippen molar-refractivity contribution in [2.24, 2.45) is 0 Å². The monoisotopic (exact) mass is 297 g/mol. The van der Waals surface area contributed by atoms with Gasteiger partial charge in [-0.3, -0.25) is 0 Å². The highest BCUT2D eigenvalue weighted by Crippen LogP contribution is 2.44. The Morgan fingerprint density at radius 3 is 2.75 bits per heavy atom. The number of hydrogen-bond acceptors (Lipinski definition) is 5. The summed E-state index contributed by atoms with van der Waals surface area (Å²) in [4.78, 5) is 8.69. The molecule has 1 saturated carbocycles. The Morgan fingerprint density at radius 2 is 2.15 bits per heavy atom. The Labute approximate surface area is 126 Å². The van der Waals surface area contributed by atoms with Crippen molar-refractivity contribution in [2.75, 3.05) is 37.7 Å². The van der Waals surface area contributed by atoms with Gasteiger partial charge < -0.3 is 15.0 Å². The van der Waals surface area contributed by atoms with Crippen LogP contribution in [0.25, 0.3) is 0 Å². The first-order chi connectivity index (χ1) is 9.80. The van der Waals surface area contributed by atoms with Crippen LogP contribution in [0, 0.1) is 0 Å². The molecule has 2 rings (SSSR count). The standard InChI is InChI=1S/C15H27N3OS/c1-4-16-11-13-14(12-7-8-12)17-15(20-13)18(5-2)9-10-19-6-3/h12,16H,4-11H2,1-3H3. The van der Waals surface area contributed by atoms with E-state index in [1.807, 2.05) is 18.3 Å². The summed E-state index contributed by atoms with van der Waals surface area (Å²) >= 11 is 1.86. The van der Waals surface area contributed by atoms with E-state index >= 15 is 0 Å². The van der Waals surface area contributed by atoms with Crippen molar-refractivity contribution < 1.29 is 4.74 Å². The second-order valence-electron chi connectivity index (χ2n) is 5.14. The molecule has 0 aromatic carbocycles. The number of anilines is 1. The molecule has 5 heteroatoms. The first-order valence-corrected chi connectivity index (χ1v) is 8.64.